The number of carbonyl (C=O) groups is 1. The van der Waals surface area contributed by atoms with Crippen LogP contribution >= 0.6 is 11.8 Å². The molecule has 0 N–H and O–H groups in total. The number of fused-ring (bicyclic) bond motifs is 1. The number of benzene rings is 2. The molecule has 2 aromatic carbocycles. The van der Waals surface area contributed by atoms with Gasteiger partial charge in [0.25, 0.3) is 0 Å². The summed E-state index contributed by atoms with van der Waals surface area (Å²) in [7, 11) is 1.71. The third kappa shape index (κ3) is 4.54. The number of nitrogens with zero attached hydrogens (tertiary/aromatic N) is 3. The maximum absolute atomic E-state index is 13.2. The lowest BCUT2D eigenvalue weighted by Crippen LogP contribution is -2.50. The lowest BCUT2D eigenvalue weighted by molar-refractivity contribution is -0.119. The molecule has 1 amide bonds. The summed E-state index contributed by atoms with van der Waals surface area (Å²) in [4.78, 5) is 21.0. The number of hydrogen-bond acceptors (Lipinski definition) is 5. The maximum atomic E-state index is 13.2. The Hall–Kier alpha value is -2.18. The van der Waals surface area contributed by atoms with Gasteiger partial charge in [-0.25, -0.2) is 0 Å². The monoisotopic (exact) mass is 411 g/mol. The third-order valence-corrected chi connectivity index (χ3v) is 6.94. The van der Waals surface area contributed by atoms with Crippen LogP contribution in [-0.4, -0.2) is 62.4 Å². The van der Waals surface area contributed by atoms with E-state index in [9.17, 15) is 4.79 Å². The van der Waals surface area contributed by atoms with Gasteiger partial charge in [-0.2, -0.15) is 0 Å². The summed E-state index contributed by atoms with van der Waals surface area (Å²) in [5.41, 5.74) is 2.20. The van der Waals surface area contributed by atoms with Gasteiger partial charge in [-0.15, -0.1) is 11.8 Å². The van der Waals surface area contributed by atoms with Crippen molar-refractivity contribution in [2.24, 2.45) is 0 Å². The number of anilines is 2. The van der Waals surface area contributed by atoms with E-state index < -0.39 is 0 Å². The molecule has 0 unspecified atom stereocenters. The summed E-state index contributed by atoms with van der Waals surface area (Å²) in [5.74, 6) is 1.11. The fourth-order valence-corrected chi connectivity index (χ4v) is 5.17. The highest BCUT2D eigenvalue weighted by molar-refractivity contribution is 8.00. The average Bonchev–Trinajstić information content (AvgIpc) is 2.92. The van der Waals surface area contributed by atoms with Gasteiger partial charge < -0.3 is 14.5 Å². The van der Waals surface area contributed by atoms with Gasteiger partial charge in [-0.05, 0) is 30.7 Å². The Morgan fingerprint density at radius 1 is 1.00 bits per heavy atom. The van der Waals surface area contributed by atoms with Crippen LogP contribution in [-0.2, 0) is 4.79 Å². The number of rotatable bonds is 4. The van der Waals surface area contributed by atoms with E-state index in [1.807, 2.05) is 40.9 Å². The molecule has 2 heterocycles. The van der Waals surface area contributed by atoms with Crippen LogP contribution in [0.3, 0.4) is 0 Å². The number of hydrogen-bond donors (Lipinski definition) is 0. The molecule has 154 valence electrons. The van der Waals surface area contributed by atoms with Crippen LogP contribution in [0, 0.1) is 0 Å². The highest BCUT2D eigenvalue weighted by atomic mass is 32.2. The van der Waals surface area contributed by atoms with Gasteiger partial charge in [0.2, 0.25) is 5.91 Å². The summed E-state index contributed by atoms with van der Waals surface area (Å²) in [6, 6.07) is 16.4. The Bertz CT molecular complexity index is 852. The van der Waals surface area contributed by atoms with Crippen LogP contribution in [0.1, 0.15) is 13.3 Å². The molecule has 4 rings (SSSR count). The van der Waals surface area contributed by atoms with Gasteiger partial charge in [0.05, 0.1) is 25.0 Å². The first-order valence-corrected chi connectivity index (χ1v) is 11.2. The number of ether oxygens (including phenoxy) is 1. The first kappa shape index (κ1) is 20.1. The lowest BCUT2D eigenvalue weighted by atomic mass is 10.2. The zero-order valence-corrected chi connectivity index (χ0v) is 18.0. The molecule has 1 saturated heterocycles. The van der Waals surface area contributed by atoms with Gasteiger partial charge in [0.1, 0.15) is 5.75 Å². The van der Waals surface area contributed by atoms with Crippen LogP contribution in [0.4, 0.5) is 11.4 Å². The van der Waals surface area contributed by atoms with E-state index in [4.69, 9.17) is 4.74 Å². The molecular weight excluding hydrogens is 382 g/mol. The van der Waals surface area contributed by atoms with Crippen molar-refractivity contribution >= 4 is 29.0 Å². The second kappa shape index (κ2) is 9.09. The fourth-order valence-electron chi connectivity index (χ4n) is 4.06. The quantitative estimate of drug-likeness (QED) is 0.766. The first-order valence-electron chi connectivity index (χ1n) is 10.3. The molecule has 0 aliphatic carbocycles. The highest BCUT2D eigenvalue weighted by Gasteiger charge is 2.27. The van der Waals surface area contributed by atoms with Gasteiger partial charge >= 0.3 is 0 Å². The zero-order valence-electron chi connectivity index (χ0n) is 17.2. The number of methoxy groups -OCH3 is 1. The molecule has 2 aromatic rings. The molecule has 5 nitrogen and oxygen atoms in total. The molecule has 6 heteroatoms. The van der Waals surface area contributed by atoms with Crippen LogP contribution in [0.15, 0.2) is 53.4 Å². The van der Waals surface area contributed by atoms with E-state index in [0.717, 1.165) is 56.3 Å². The highest BCUT2D eigenvalue weighted by Crippen LogP contribution is 2.37. The molecule has 0 bridgehead atoms. The largest absolute Gasteiger partial charge is 0.495 e. The Morgan fingerprint density at radius 3 is 2.45 bits per heavy atom. The van der Waals surface area contributed by atoms with Crippen molar-refractivity contribution in [1.82, 2.24) is 4.90 Å². The zero-order chi connectivity index (χ0) is 20.2. The van der Waals surface area contributed by atoms with Crippen molar-refractivity contribution in [3.05, 3.63) is 48.5 Å². The van der Waals surface area contributed by atoms with Crippen LogP contribution in [0.25, 0.3) is 0 Å². The van der Waals surface area contributed by atoms with Gasteiger partial charge in [0.15, 0.2) is 0 Å². The predicted octanol–water partition coefficient (Wildman–Crippen LogP) is 3.73. The standard InChI is InChI=1S/C23H29N3O2S/c1-18-11-12-26(20-8-4-6-10-22(20)29-18)23(27)17-24-13-15-25(16-14-24)19-7-3-5-9-21(19)28-2/h3-10,18H,11-17H2,1-2H3/t18-/m0/s1. The first-order chi connectivity index (χ1) is 14.2. The number of thioether (sulfide) groups is 1. The Kier molecular flexibility index (Phi) is 6.31. The summed E-state index contributed by atoms with van der Waals surface area (Å²) in [6.45, 7) is 7.08. The van der Waals surface area contributed by atoms with E-state index in [1.165, 1.54) is 4.90 Å². The maximum Gasteiger partial charge on any atom is 0.241 e. The van der Waals surface area contributed by atoms with Crippen LogP contribution in [0.2, 0.25) is 0 Å². The molecule has 2 aliphatic heterocycles. The Balaban J connectivity index is 1.39. The predicted molar refractivity (Wildman–Crippen MR) is 120 cm³/mol. The molecular formula is C23H29N3O2S. The molecule has 0 spiro atoms. The summed E-state index contributed by atoms with van der Waals surface area (Å²) < 4.78 is 5.51. The van der Waals surface area contributed by atoms with Crippen molar-refractivity contribution < 1.29 is 9.53 Å². The fraction of sp³-hybridized carbons (Fsp3) is 0.435. The SMILES string of the molecule is COc1ccccc1N1CCN(CC(=O)N2CC[C@H](C)Sc3ccccc32)CC1. The van der Waals surface area contributed by atoms with Gasteiger partial charge in [-0.3, -0.25) is 9.69 Å². The van der Waals surface area contributed by atoms with Crippen molar-refractivity contribution in [3.63, 3.8) is 0 Å². The molecule has 0 radical (unpaired) electrons. The van der Waals surface area contributed by atoms with Crippen molar-refractivity contribution in [3.8, 4) is 5.75 Å². The summed E-state index contributed by atoms with van der Waals surface area (Å²) in [6.07, 6.45) is 1.02. The van der Waals surface area contributed by atoms with E-state index in [0.29, 0.717) is 11.8 Å². The Labute approximate surface area is 177 Å². The average molecular weight is 412 g/mol. The number of amides is 1. The van der Waals surface area contributed by atoms with Crippen molar-refractivity contribution in [1.29, 1.82) is 0 Å². The minimum atomic E-state index is 0.206. The van der Waals surface area contributed by atoms with E-state index in [1.54, 1.807) is 7.11 Å². The van der Waals surface area contributed by atoms with Crippen LogP contribution < -0.4 is 14.5 Å². The lowest BCUT2D eigenvalue weighted by Gasteiger charge is -2.37. The molecule has 2 aliphatic rings. The topological polar surface area (TPSA) is 36.0 Å². The van der Waals surface area contributed by atoms with Crippen molar-refractivity contribution in [2.45, 2.75) is 23.5 Å². The van der Waals surface area contributed by atoms with Crippen molar-refractivity contribution in [2.75, 3.05) is 56.2 Å². The smallest absolute Gasteiger partial charge is 0.241 e. The molecule has 29 heavy (non-hydrogen) atoms. The van der Waals surface area contributed by atoms with Gasteiger partial charge in [-0.1, -0.05) is 31.2 Å². The number of piperazine rings is 1. The second-order valence-corrected chi connectivity index (χ2v) is 9.15. The summed E-state index contributed by atoms with van der Waals surface area (Å²) >= 11 is 1.88. The molecule has 0 saturated carbocycles. The minimum Gasteiger partial charge on any atom is -0.495 e. The Morgan fingerprint density at radius 2 is 1.69 bits per heavy atom. The molecule has 0 aromatic heterocycles. The molecule has 1 atom stereocenters. The molecule has 1 fully saturated rings. The van der Waals surface area contributed by atoms with E-state index >= 15 is 0 Å². The second-order valence-electron chi connectivity index (χ2n) is 7.67. The third-order valence-electron chi connectivity index (χ3n) is 5.70. The van der Waals surface area contributed by atoms with E-state index in [-0.39, 0.29) is 5.91 Å². The number of carbonyl (C=O) groups excluding carboxylic acids is 1. The normalized spacial score (nSPS) is 20.1. The van der Waals surface area contributed by atoms with Crippen LogP contribution in [0.5, 0.6) is 5.75 Å². The minimum absolute atomic E-state index is 0.206. The number of para-hydroxylation sites is 3. The van der Waals surface area contributed by atoms with E-state index in [2.05, 4.69) is 41.0 Å². The van der Waals surface area contributed by atoms with Gasteiger partial charge in [0, 0.05) is 42.9 Å². The summed E-state index contributed by atoms with van der Waals surface area (Å²) in [5, 5.41) is 0.526.